The van der Waals surface area contributed by atoms with Crippen LogP contribution in [0, 0.1) is 6.92 Å². The first-order valence-electron chi connectivity index (χ1n) is 9.78. The van der Waals surface area contributed by atoms with Crippen molar-refractivity contribution in [2.24, 2.45) is 0 Å². The molecule has 1 aromatic carbocycles. The van der Waals surface area contributed by atoms with E-state index in [0.717, 1.165) is 17.7 Å². The highest BCUT2D eigenvalue weighted by Crippen LogP contribution is 2.37. The van der Waals surface area contributed by atoms with E-state index in [1.54, 1.807) is 25.3 Å². The fourth-order valence-corrected chi connectivity index (χ4v) is 3.20. The van der Waals surface area contributed by atoms with Crippen molar-refractivity contribution < 1.29 is 45.4 Å². The van der Waals surface area contributed by atoms with Gasteiger partial charge in [-0.05, 0) is 42.8 Å². The second kappa shape index (κ2) is 10.3. The van der Waals surface area contributed by atoms with Crippen LogP contribution in [0.4, 0.5) is 41.2 Å². The molecule has 2 N–H and O–H groups in total. The molecule has 0 aliphatic carbocycles. The zero-order valence-electron chi connectivity index (χ0n) is 17.7. The van der Waals surface area contributed by atoms with Crippen molar-refractivity contribution in [3.05, 3.63) is 59.4 Å². The number of carbonyl (C=O) groups is 2. The van der Waals surface area contributed by atoms with Gasteiger partial charge in [-0.25, -0.2) is 14.0 Å². The number of carbonyl (C=O) groups excluding carboxylic acids is 1. The fourth-order valence-electron chi connectivity index (χ4n) is 3.20. The topological polar surface area (TPSA) is 82.5 Å². The largest absolute Gasteiger partial charge is 0.490 e. The molecule has 2 aromatic rings. The fraction of sp³-hybridized carbons (Fsp3) is 0.381. The summed E-state index contributed by atoms with van der Waals surface area (Å²) in [4.78, 5) is 26.8. The number of aromatic nitrogens is 1. The lowest BCUT2D eigenvalue weighted by atomic mass is 9.87. The minimum absolute atomic E-state index is 0.116. The normalized spacial score (nSPS) is 15.7. The van der Waals surface area contributed by atoms with Crippen LogP contribution in [0.2, 0.25) is 0 Å². The number of pyridine rings is 1. The molecule has 0 unspecified atom stereocenters. The molecule has 0 spiro atoms. The highest BCUT2D eigenvalue weighted by atomic mass is 19.4. The van der Waals surface area contributed by atoms with Gasteiger partial charge in [-0.1, -0.05) is 6.07 Å². The number of nitrogens with one attached hydrogen (secondary N) is 1. The van der Waals surface area contributed by atoms with Crippen molar-refractivity contribution in [1.82, 2.24) is 9.88 Å². The smallest absolute Gasteiger partial charge is 0.475 e. The third kappa shape index (κ3) is 7.06. The zero-order valence-corrected chi connectivity index (χ0v) is 17.7. The Balaban J connectivity index is 0.000000509. The molecule has 3 rings (SSSR count). The van der Waals surface area contributed by atoms with E-state index in [1.807, 2.05) is 0 Å². The van der Waals surface area contributed by atoms with Gasteiger partial charge in [-0.15, -0.1) is 0 Å². The van der Waals surface area contributed by atoms with Crippen molar-refractivity contribution in [2.75, 3.05) is 18.4 Å². The van der Waals surface area contributed by atoms with E-state index in [0.29, 0.717) is 5.69 Å². The summed E-state index contributed by atoms with van der Waals surface area (Å²) in [6, 6.07) is 7.28. The summed E-state index contributed by atoms with van der Waals surface area (Å²) in [6.45, 7) is 2.19. The number of alkyl halides is 7. The molecule has 1 aromatic heterocycles. The second-order valence-electron chi connectivity index (χ2n) is 7.43. The number of carboxylic acid groups (broad SMARTS) is 1. The van der Waals surface area contributed by atoms with Crippen LogP contribution in [0.5, 0.6) is 0 Å². The Kier molecular flexibility index (Phi) is 8.11. The molecule has 0 saturated carbocycles. The van der Waals surface area contributed by atoms with E-state index in [9.17, 15) is 31.1 Å². The molecule has 2 heterocycles. The van der Waals surface area contributed by atoms with Crippen LogP contribution in [0.1, 0.15) is 29.7 Å². The number of amides is 2. The van der Waals surface area contributed by atoms with Crippen LogP contribution in [0.3, 0.4) is 0 Å². The standard InChI is InChI=1S/C19H19F4N3O.C2HF3O2/c1-13-3-2-10-24-16(13)18(20)8-11-26(12-9-18)17(27)25-15-6-4-14(5-7-15)19(21,22)23;3-2(4,5)1(6)7/h2-7,10H,8-9,11-12H2,1H3,(H,25,27);(H,6,7). The molecule has 186 valence electrons. The van der Waals surface area contributed by atoms with Gasteiger partial charge < -0.3 is 15.3 Å². The lowest BCUT2D eigenvalue weighted by Crippen LogP contribution is -2.45. The van der Waals surface area contributed by atoms with Crippen LogP contribution >= 0.6 is 0 Å². The van der Waals surface area contributed by atoms with Gasteiger partial charge in [0.15, 0.2) is 5.67 Å². The van der Waals surface area contributed by atoms with E-state index >= 15 is 4.39 Å². The van der Waals surface area contributed by atoms with Crippen LogP contribution < -0.4 is 5.32 Å². The average molecular weight is 495 g/mol. The Labute approximate surface area is 189 Å². The monoisotopic (exact) mass is 495 g/mol. The molecule has 13 heteroatoms. The summed E-state index contributed by atoms with van der Waals surface area (Å²) in [6.07, 6.45) is -7.73. The van der Waals surface area contributed by atoms with Gasteiger partial charge in [-0.2, -0.15) is 26.3 Å². The van der Waals surface area contributed by atoms with E-state index < -0.39 is 35.6 Å². The number of halogens is 7. The van der Waals surface area contributed by atoms with Gasteiger partial charge in [0.25, 0.3) is 0 Å². The number of carboxylic acids is 1. The number of urea groups is 1. The van der Waals surface area contributed by atoms with Gasteiger partial charge >= 0.3 is 24.4 Å². The first kappa shape index (κ1) is 26.9. The predicted octanol–water partition coefficient (Wildman–Crippen LogP) is 5.53. The molecule has 1 aliphatic heterocycles. The summed E-state index contributed by atoms with van der Waals surface area (Å²) < 4.78 is 84.7. The Morgan fingerprint density at radius 2 is 1.56 bits per heavy atom. The summed E-state index contributed by atoms with van der Waals surface area (Å²) in [5.41, 5.74) is -0.955. The minimum Gasteiger partial charge on any atom is -0.475 e. The second-order valence-corrected chi connectivity index (χ2v) is 7.43. The van der Waals surface area contributed by atoms with E-state index in [1.165, 1.54) is 17.0 Å². The van der Waals surface area contributed by atoms with Crippen molar-refractivity contribution in [1.29, 1.82) is 0 Å². The number of rotatable bonds is 2. The molecule has 0 bridgehead atoms. The summed E-state index contributed by atoms with van der Waals surface area (Å²) >= 11 is 0. The maximum atomic E-state index is 15.3. The molecule has 1 fully saturated rings. The van der Waals surface area contributed by atoms with Gasteiger partial charge in [0.2, 0.25) is 0 Å². The molecule has 2 amide bonds. The lowest BCUT2D eigenvalue weighted by Gasteiger charge is -2.36. The molecule has 34 heavy (non-hydrogen) atoms. The number of anilines is 1. The average Bonchev–Trinajstić information content (AvgIpc) is 2.74. The van der Waals surface area contributed by atoms with E-state index in [4.69, 9.17) is 9.90 Å². The van der Waals surface area contributed by atoms with Crippen molar-refractivity contribution in [2.45, 2.75) is 37.8 Å². The van der Waals surface area contributed by atoms with Gasteiger partial charge in [0.1, 0.15) is 0 Å². The molecule has 6 nitrogen and oxygen atoms in total. The van der Waals surface area contributed by atoms with Crippen LogP contribution in [0.25, 0.3) is 0 Å². The lowest BCUT2D eigenvalue weighted by molar-refractivity contribution is -0.192. The number of hydrogen-bond donors (Lipinski definition) is 2. The Bertz CT molecular complexity index is 1000. The number of nitrogens with zero attached hydrogens (tertiary/aromatic N) is 2. The van der Waals surface area contributed by atoms with Gasteiger partial charge in [0, 0.05) is 37.8 Å². The van der Waals surface area contributed by atoms with Gasteiger partial charge in [0.05, 0.1) is 11.3 Å². The predicted molar refractivity (Wildman–Crippen MR) is 107 cm³/mol. The SMILES string of the molecule is Cc1cccnc1C1(F)CCN(C(=O)Nc2ccc(C(F)(F)F)cc2)CC1.O=C(O)C(F)(F)F. The van der Waals surface area contributed by atoms with E-state index in [2.05, 4.69) is 10.3 Å². The number of likely N-dealkylation sites (tertiary alicyclic amines) is 1. The third-order valence-corrected chi connectivity index (χ3v) is 4.98. The van der Waals surface area contributed by atoms with Crippen molar-refractivity contribution in [3.63, 3.8) is 0 Å². The molecule has 1 saturated heterocycles. The molecular formula is C21H20F7N3O3. The van der Waals surface area contributed by atoms with E-state index in [-0.39, 0.29) is 31.6 Å². The summed E-state index contributed by atoms with van der Waals surface area (Å²) in [5.74, 6) is -2.76. The number of aliphatic carboxylic acids is 1. The zero-order chi connectivity index (χ0) is 25.7. The number of hydrogen-bond acceptors (Lipinski definition) is 3. The van der Waals surface area contributed by atoms with Crippen LogP contribution in [0.15, 0.2) is 42.6 Å². The highest BCUT2D eigenvalue weighted by Gasteiger charge is 2.40. The molecular weight excluding hydrogens is 475 g/mol. The minimum atomic E-state index is -5.08. The summed E-state index contributed by atoms with van der Waals surface area (Å²) in [7, 11) is 0. The Morgan fingerprint density at radius 3 is 2.00 bits per heavy atom. The highest BCUT2D eigenvalue weighted by molar-refractivity contribution is 5.89. The Morgan fingerprint density at radius 1 is 1.03 bits per heavy atom. The van der Waals surface area contributed by atoms with Crippen molar-refractivity contribution in [3.8, 4) is 0 Å². The number of benzene rings is 1. The first-order chi connectivity index (χ1) is 15.6. The third-order valence-electron chi connectivity index (χ3n) is 4.98. The molecule has 0 atom stereocenters. The van der Waals surface area contributed by atoms with Crippen molar-refractivity contribution >= 4 is 17.7 Å². The maximum Gasteiger partial charge on any atom is 0.490 e. The number of aryl methyl sites for hydroxylation is 1. The first-order valence-corrected chi connectivity index (χ1v) is 9.78. The Hall–Kier alpha value is -3.38. The molecule has 0 radical (unpaired) electrons. The molecule has 1 aliphatic rings. The van der Waals surface area contributed by atoms with Crippen LogP contribution in [-0.4, -0.2) is 46.3 Å². The quantitative estimate of drug-likeness (QED) is 0.537. The maximum absolute atomic E-state index is 15.3. The van der Waals surface area contributed by atoms with Crippen LogP contribution in [-0.2, 0) is 16.6 Å². The van der Waals surface area contributed by atoms with Gasteiger partial charge in [-0.3, -0.25) is 4.98 Å². The summed E-state index contributed by atoms with van der Waals surface area (Å²) in [5, 5.41) is 9.68. The number of piperidine rings is 1.